The standard InChI is InChI=1S/C20H27N3O5/c1-6-20(5)18(26)23(19(27)22-20)11-16(24)28-13(4)17(25)21-15-9-7-14(8-10-15)12(2)3/h7-10,12-13H,6,11H2,1-5H3,(H,21,25)(H,22,27)/t13-,20-/m0/s1. The molecule has 0 aliphatic carbocycles. The number of imide groups is 1. The highest BCUT2D eigenvalue weighted by Gasteiger charge is 2.47. The Bertz CT molecular complexity index is 775. The Labute approximate surface area is 164 Å². The minimum absolute atomic E-state index is 0.379. The number of anilines is 1. The lowest BCUT2D eigenvalue weighted by Crippen LogP contribution is -2.44. The number of carbonyl (C=O) groups excluding carboxylic acids is 4. The summed E-state index contributed by atoms with van der Waals surface area (Å²) >= 11 is 0. The van der Waals surface area contributed by atoms with Crippen LogP contribution in [0.5, 0.6) is 0 Å². The Balaban J connectivity index is 1.90. The van der Waals surface area contributed by atoms with Gasteiger partial charge < -0.3 is 15.4 Å². The van der Waals surface area contributed by atoms with Crippen molar-refractivity contribution in [3.63, 3.8) is 0 Å². The number of carbonyl (C=O) groups is 4. The van der Waals surface area contributed by atoms with E-state index in [0.717, 1.165) is 10.5 Å². The van der Waals surface area contributed by atoms with E-state index in [9.17, 15) is 19.2 Å². The van der Waals surface area contributed by atoms with Crippen LogP contribution in [-0.4, -0.2) is 46.9 Å². The number of hydrogen-bond donors (Lipinski definition) is 2. The zero-order chi connectivity index (χ0) is 21.1. The average molecular weight is 389 g/mol. The van der Waals surface area contributed by atoms with Crippen molar-refractivity contribution in [2.75, 3.05) is 11.9 Å². The van der Waals surface area contributed by atoms with Crippen LogP contribution in [0, 0.1) is 0 Å². The first-order valence-corrected chi connectivity index (χ1v) is 9.31. The molecule has 1 fully saturated rings. The average Bonchev–Trinajstić information content (AvgIpc) is 2.85. The van der Waals surface area contributed by atoms with Gasteiger partial charge in [-0.3, -0.25) is 19.3 Å². The molecule has 4 amide bonds. The van der Waals surface area contributed by atoms with E-state index in [1.54, 1.807) is 26.0 Å². The number of esters is 1. The fourth-order valence-corrected chi connectivity index (χ4v) is 2.74. The van der Waals surface area contributed by atoms with Gasteiger partial charge in [0.25, 0.3) is 11.8 Å². The van der Waals surface area contributed by atoms with Crippen molar-refractivity contribution in [1.29, 1.82) is 0 Å². The minimum atomic E-state index is -1.07. The normalized spacial score (nSPS) is 20.1. The van der Waals surface area contributed by atoms with Gasteiger partial charge >= 0.3 is 12.0 Å². The monoisotopic (exact) mass is 389 g/mol. The van der Waals surface area contributed by atoms with Crippen LogP contribution in [0.25, 0.3) is 0 Å². The molecule has 2 N–H and O–H groups in total. The van der Waals surface area contributed by atoms with Crippen molar-refractivity contribution in [2.45, 2.75) is 58.6 Å². The molecule has 1 aromatic rings. The maximum absolute atomic E-state index is 12.3. The molecule has 1 aromatic carbocycles. The molecule has 0 spiro atoms. The summed E-state index contributed by atoms with van der Waals surface area (Å²) in [7, 11) is 0. The first-order chi connectivity index (χ1) is 13.1. The molecular formula is C20H27N3O5. The second-order valence-corrected chi connectivity index (χ2v) is 7.41. The zero-order valence-electron chi connectivity index (χ0n) is 16.9. The summed E-state index contributed by atoms with van der Waals surface area (Å²) in [4.78, 5) is 49.4. The Hall–Kier alpha value is -2.90. The Morgan fingerprint density at radius 3 is 2.29 bits per heavy atom. The summed E-state index contributed by atoms with van der Waals surface area (Å²) in [5.41, 5.74) is 0.706. The van der Waals surface area contributed by atoms with Gasteiger partial charge in [-0.05, 0) is 43.9 Å². The molecule has 0 aromatic heterocycles. The van der Waals surface area contributed by atoms with Gasteiger partial charge in [0.05, 0.1) is 0 Å². The van der Waals surface area contributed by atoms with E-state index in [1.807, 2.05) is 12.1 Å². The summed E-state index contributed by atoms with van der Waals surface area (Å²) < 4.78 is 5.08. The fraction of sp³-hybridized carbons (Fsp3) is 0.500. The van der Waals surface area contributed by atoms with E-state index in [0.29, 0.717) is 18.0 Å². The maximum atomic E-state index is 12.3. The van der Waals surface area contributed by atoms with E-state index in [4.69, 9.17) is 4.74 Å². The molecule has 0 saturated carbocycles. The van der Waals surface area contributed by atoms with Gasteiger partial charge in [0.15, 0.2) is 6.10 Å². The molecule has 8 nitrogen and oxygen atoms in total. The van der Waals surface area contributed by atoms with E-state index in [2.05, 4.69) is 24.5 Å². The lowest BCUT2D eigenvalue weighted by molar-refractivity contribution is -0.155. The smallest absolute Gasteiger partial charge is 0.327 e. The second kappa shape index (κ2) is 8.41. The molecule has 8 heteroatoms. The van der Waals surface area contributed by atoms with Crippen molar-refractivity contribution >= 4 is 29.5 Å². The first-order valence-electron chi connectivity index (χ1n) is 9.31. The summed E-state index contributed by atoms with van der Waals surface area (Å²) in [5.74, 6) is -1.44. The molecule has 2 atom stereocenters. The fourth-order valence-electron chi connectivity index (χ4n) is 2.74. The van der Waals surface area contributed by atoms with Gasteiger partial charge in [-0.1, -0.05) is 32.9 Å². The first kappa shape index (κ1) is 21.4. The molecule has 1 heterocycles. The lowest BCUT2D eigenvalue weighted by atomic mass is 9.99. The largest absolute Gasteiger partial charge is 0.451 e. The van der Waals surface area contributed by atoms with Gasteiger partial charge in [-0.15, -0.1) is 0 Å². The van der Waals surface area contributed by atoms with Crippen LogP contribution in [0.1, 0.15) is 52.5 Å². The number of rotatable bonds is 7. The quantitative estimate of drug-likeness (QED) is 0.550. The number of ether oxygens (including phenoxy) is 1. The maximum Gasteiger partial charge on any atom is 0.327 e. The summed E-state index contributed by atoms with van der Waals surface area (Å²) in [5, 5.41) is 5.23. The van der Waals surface area contributed by atoms with Crippen LogP contribution >= 0.6 is 0 Å². The SMILES string of the molecule is CC[C@]1(C)NC(=O)N(CC(=O)O[C@@H](C)C(=O)Nc2ccc(C(C)C)cc2)C1=O. The highest BCUT2D eigenvalue weighted by molar-refractivity contribution is 6.08. The predicted octanol–water partition coefficient (Wildman–Crippen LogP) is 2.40. The lowest BCUT2D eigenvalue weighted by Gasteiger charge is -2.19. The number of hydrogen-bond acceptors (Lipinski definition) is 5. The van der Waals surface area contributed by atoms with Gasteiger partial charge in [-0.25, -0.2) is 4.79 Å². The molecule has 28 heavy (non-hydrogen) atoms. The minimum Gasteiger partial charge on any atom is -0.451 e. The van der Waals surface area contributed by atoms with Crippen molar-refractivity contribution in [1.82, 2.24) is 10.2 Å². The second-order valence-electron chi connectivity index (χ2n) is 7.41. The predicted molar refractivity (Wildman–Crippen MR) is 104 cm³/mol. The Morgan fingerprint density at radius 1 is 1.18 bits per heavy atom. The van der Waals surface area contributed by atoms with E-state index >= 15 is 0 Å². The van der Waals surface area contributed by atoms with E-state index in [-0.39, 0.29) is 0 Å². The third-order valence-corrected chi connectivity index (χ3v) is 4.86. The molecule has 0 bridgehead atoms. The third kappa shape index (κ3) is 4.68. The number of benzene rings is 1. The number of nitrogens with one attached hydrogen (secondary N) is 2. The molecule has 152 valence electrons. The molecule has 1 aliphatic heterocycles. The molecular weight excluding hydrogens is 362 g/mol. The molecule has 0 radical (unpaired) electrons. The van der Waals surface area contributed by atoms with Gasteiger partial charge in [0.1, 0.15) is 12.1 Å². The molecule has 1 saturated heterocycles. The van der Waals surface area contributed by atoms with Gasteiger partial charge in [0.2, 0.25) is 0 Å². The van der Waals surface area contributed by atoms with E-state index in [1.165, 1.54) is 6.92 Å². The van der Waals surface area contributed by atoms with E-state index < -0.39 is 42.0 Å². The van der Waals surface area contributed by atoms with Crippen LogP contribution in [0.3, 0.4) is 0 Å². The van der Waals surface area contributed by atoms with Crippen LogP contribution in [0.4, 0.5) is 10.5 Å². The van der Waals surface area contributed by atoms with Crippen molar-refractivity contribution < 1.29 is 23.9 Å². The van der Waals surface area contributed by atoms with Gasteiger partial charge in [0, 0.05) is 5.69 Å². The van der Waals surface area contributed by atoms with Crippen molar-refractivity contribution in [2.24, 2.45) is 0 Å². The van der Waals surface area contributed by atoms with Crippen LogP contribution in [-0.2, 0) is 19.1 Å². The summed E-state index contributed by atoms with van der Waals surface area (Å²) in [6, 6.07) is 6.74. The number of amides is 4. The van der Waals surface area contributed by atoms with Crippen molar-refractivity contribution in [3.05, 3.63) is 29.8 Å². The Morgan fingerprint density at radius 2 is 1.79 bits per heavy atom. The van der Waals surface area contributed by atoms with Crippen molar-refractivity contribution in [3.8, 4) is 0 Å². The van der Waals surface area contributed by atoms with Crippen LogP contribution in [0.15, 0.2) is 24.3 Å². The number of nitrogens with zero attached hydrogens (tertiary/aromatic N) is 1. The third-order valence-electron chi connectivity index (χ3n) is 4.86. The van der Waals surface area contributed by atoms with Gasteiger partial charge in [-0.2, -0.15) is 0 Å². The van der Waals surface area contributed by atoms with Crippen LogP contribution < -0.4 is 10.6 Å². The summed E-state index contributed by atoms with van der Waals surface area (Å²) in [6.45, 7) is 8.39. The Kier molecular flexibility index (Phi) is 6.43. The highest BCUT2D eigenvalue weighted by atomic mass is 16.5. The number of urea groups is 1. The van der Waals surface area contributed by atoms with Crippen LogP contribution in [0.2, 0.25) is 0 Å². The highest BCUT2D eigenvalue weighted by Crippen LogP contribution is 2.21. The topological polar surface area (TPSA) is 105 Å². The molecule has 2 rings (SSSR count). The summed E-state index contributed by atoms with van der Waals surface area (Å²) in [6.07, 6.45) is -0.673. The molecule has 0 unspecified atom stereocenters. The zero-order valence-corrected chi connectivity index (χ0v) is 16.9. The molecule has 1 aliphatic rings.